The van der Waals surface area contributed by atoms with Gasteiger partial charge in [0.05, 0.1) is 18.8 Å². The van der Waals surface area contributed by atoms with Crippen molar-refractivity contribution in [2.24, 2.45) is 5.73 Å². The largest absolute Gasteiger partial charge is 0.346 e. The van der Waals surface area contributed by atoms with Gasteiger partial charge < -0.3 is 16.4 Å². The van der Waals surface area contributed by atoms with Gasteiger partial charge in [-0.25, -0.2) is 4.68 Å². The van der Waals surface area contributed by atoms with Gasteiger partial charge in [0.15, 0.2) is 0 Å². The van der Waals surface area contributed by atoms with E-state index in [1.807, 2.05) is 24.4 Å². The maximum atomic E-state index is 11.6. The number of carbonyl (C=O) groups is 2. The lowest BCUT2D eigenvalue weighted by atomic mass is 10.2. The Balaban J connectivity index is 1.98. The van der Waals surface area contributed by atoms with E-state index in [0.29, 0.717) is 5.69 Å². The smallest absolute Gasteiger partial charge is 0.243 e. The minimum atomic E-state index is -0.370. The van der Waals surface area contributed by atoms with Crippen molar-refractivity contribution in [1.29, 1.82) is 0 Å². The first-order valence-electron chi connectivity index (χ1n) is 6.06. The standard InChI is InChI=1S/C13H15N5O2/c14-8-12(19)15-9-13(20)17-10-3-1-4-11(7-10)18-6-2-5-16-18/h1-7H,8-9,14H2,(H,15,19)(H,17,20). The highest BCUT2D eigenvalue weighted by Crippen LogP contribution is 2.13. The number of nitrogens with two attached hydrogens (primary N) is 1. The van der Waals surface area contributed by atoms with Crippen molar-refractivity contribution in [3.63, 3.8) is 0 Å². The molecule has 104 valence electrons. The van der Waals surface area contributed by atoms with Gasteiger partial charge in [-0.15, -0.1) is 0 Å². The van der Waals surface area contributed by atoms with Crippen LogP contribution in [0.2, 0.25) is 0 Å². The topological polar surface area (TPSA) is 102 Å². The van der Waals surface area contributed by atoms with Gasteiger partial charge in [0.1, 0.15) is 0 Å². The van der Waals surface area contributed by atoms with Crippen molar-refractivity contribution in [1.82, 2.24) is 15.1 Å². The van der Waals surface area contributed by atoms with Gasteiger partial charge in [-0.2, -0.15) is 5.10 Å². The summed E-state index contributed by atoms with van der Waals surface area (Å²) in [5, 5.41) is 9.20. The van der Waals surface area contributed by atoms with Gasteiger partial charge in [0.25, 0.3) is 0 Å². The number of rotatable bonds is 5. The number of hydrogen-bond acceptors (Lipinski definition) is 4. The highest BCUT2D eigenvalue weighted by atomic mass is 16.2. The summed E-state index contributed by atoms with van der Waals surface area (Å²) in [6, 6.07) is 9.04. The van der Waals surface area contributed by atoms with Crippen LogP contribution in [0.3, 0.4) is 0 Å². The molecule has 2 amide bonds. The molecule has 0 aliphatic heterocycles. The molecule has 0 saturated heterocycles. The van der Waals surface area contributed by atoms with Gasteiger partial charge in [0.2, 0.25) is 11.8 Å². The van der Waals surface area contributed by atoms with Gasteiger partial charge in [-0.05, 0) is 24.3 Å². The van der Waals surface area contributed by atoms with Crippen LogP contribution in [0.4, 0.5) is 5.69 Å². The Kier molecular flexibility index (Phi) is 4.46. The first-order chi connectivity index (χ1) is 9.69. The summed E-state index contributed by atoms with van der Waals surface area (Å²) >= 11 is 0. The van der Waals surface area contributed by atoms with E-state index in [1.54, 1.807) is 23.0 Å². The number of carbonyl (C=O) groups excluding carboxylic acids is 2. The SMILES string of the molecule is NCC(=O)NCC(=O)Nc1cccc(-n2cccn2)c1. The average Bonchev–Trinajstić information content (AvgIpc) is 2.99. The fraction of sp³-hybridized carbons (Fsp3) is 0.154. The minimum Gasteiger partial charge on any atom is -0.346 e. The molecule has 0 radical (unpaired) electrons. The van der Waals surface area contributed by atoms with Crippen LogP contribution >= 0.6 is 0 Å². The molecular weight excluding hydrogens is 258 g/mol. The molecule has 2 rings (SSSR count). The molecule has 20 heavy (non-hydrogen) atoms. The van der Waals surface area contributed by atoms with Crippen molar-refractivity contribution >= 4 is 17.5 Å². The molecule has 1 heterocycles. The molecule has 0 spiro atoms. The zero-order valence-electron chi connectivity index (χ0n) is 10.7. The van der Waals surface area contributed by atoms with Gasteiger partial charge in [-0.1, -0.05) is 6.07 Å². The van der Waals surface area contributed by atoms with E-state index < -0.39 is 0 Å². The number of aromatic nitrogens is 2. The van der Waals surface area contributed by atoms with Crippen LogP contribution in [0, 0.1) is 0 Å². The van der Waals surface area contributed by atoms with Crippen molar-refractivity contribution < 1.29 is 9.59 Å². The van der Waals surface area contributed by atoms with E-state index in [2.05, 4.69) is 15.7 Å². The highest BCUT2D eigenvalue weighted by Gasteiger charge is 2.05. The predicted molar refractivity (Wildman–Crippen MR) is 74.3 cm³/mol. The lowest BCUT2D eigenvalue weighted by molar-refractivity contribution is -0.123. The number of benzene rings is 1. The van der Waals surface area contributed by atoms with Gasteiger partial charge in [0, 0.05) is 18.1 Å². The van der Waals surface area contributed by atoms with E-state index in [9.17, 15) is 9.59 Å². The second kappa shape index (κ2) is 6.48. The van der Waals surface area contributed by atoms with Gasteiger partial charge in [-0.3, -0.25) is 9.59 Å². The van der Waals surface area contributed by atoms with Crippen LogP contribution in [-0.4, -0.2) is 34.7 Å². The van der Waals surface area contributed by atoms with E-state index in [1.165, 1.54) is 0 Å². The minimum absolute atomic E-state index is 0.109. The Hall–Kier alpha value is -2.67. The van der Waals surface area contributed by atoms with E-state index in [-0.39, 0.29) is 24.9 Å². The summed E-state index contributed by atoms with van der Waals surface area (Å²) in [4.78, 5) is 22.6. The summed E-state index contributed by atoms with van der Waals surface area (Å²) < 4.78 is 1.69. The second-order valence-corrected chi connectivity index (χ2v) is 4.03. The third-order valence-corrected chi connectivity index (χ3v) is 2.53. The van der Waals surface area contributed by atoms with Crippen molar-refractivity contribution in [3.8, 4) is 5.69 Å². The monoisotopic (exact) mass is 273 g/mol. The normalized spacial score (nSPS) is 10.1. The van der Waals surface area contributed by atoms with Crippen molar-refractivity contribution in [2.75, 3.05) is 18.4 Å². The molecule has 0 fully saturated rings. The number of hydrogen-bond donors (Lipinski definition) is 3. The fourth-order valence-electron chi connectivity index (χ4n) is 1.60. The van der Waals surface area contributed by atoms with Crippen LogP contribution in [0.15, 0.2) is 42.7 Å². The summed E-state index contributed by atoms with van der Waals surface area (Å²) in [5.41, 5.74) is 6.59. The quantitative estimate of drug-likeness (QED) is 0.707. The molecule has 2 aromatic rings. The summed E-state index contributed by atoms with van der Waals surface area (Å²) in [7, 11) is 0. The molecule has 1 aromatic heterocycles. The first-order valence-corrected chi connectivity index (χ1v) is 6.06. The molecule has 1 aromatic carbocycles. The third kappa shape index (κ3) is 3.66. The Labute approximate surface area is 115 Å². The van der Waals surface area contributed by atoms with Crippen molar-refractivity contribution in [2.45, 2.75) is 0 Å². The lowest BCUT2D eigenvalue weighted by Gasteiger charge is -2.08. The van der Waals surface area contributed by atoms with Crippen LogP contribution in [0.25, 0.3) is 5.69 Å². The maximum Gasteiger partial charge on any atom is 0.243 e. The van der Waals surface area contributed by atoms with Crippen molar-refractivity contribution in [3.05, 3.63) is 42.7 Å². The Morgan fingerprint density at radius 3 is 2.80 bits per heavy atom. The molecule has 0 bridgehead atoms. The molecule has 0 saturated carbocycles. The lowest BCUT2D eigenvalue weighted by Crippen LogP contribution is -2.36. The summed E-state index contributed by atoms with van der Waals surface area (Å²) in [6.07, 6.45) is 3.48. The molecule has 0 aliphatic carbocycles. The summed E-state index contributed by atoms with van der Waals surface area (Å²) in [6.45, 7) is -0.246. The number of nitrogens with zero attached hydrogens (tertiary/aromatic N) is 2. The van der Waals surface area contributed by atoms with Crippen LogP contribution in [-0.2, 0) is 9.59 Å². The van der Waals surface area contributed by atoms with E-state index in [0.717, 1.165) is 5.69 Å². The highest BCUT2D eigenvalue weighted by molar-refractivity contribution is 5.94. The van der Waals surface area contributed by atoms with E-state index >= 15 is 0 Å². The molecular formula is C13H15N5O2. The number of nitrogens with one attached hydrogen (secondary N) is 2. The zero-order chi connectivity index (χ0) is 14.4. The Morgan fingerprint density at radius 1 is 1.25 bits per heavy atom. The molecule has 7 nitrogen and oxygen atoms in total. The maximum absolute atomic E-state index is 11.6. The Morgan fingerprint density at radius 2 is 2.10 bits per heavy atom. The second-order valence-electron chi connectivity index (χ2n) is 4.03. The Bertz CT molecular complexity index is 595. The predicted octanol–water partition coefficient (Wildman–Crippen LogP) is -0.114. The molecule has 7 heteroatoms. The third-order valence-electron chi connectivity index (χ3n) is 2.53. The summed E-state index contributed by atoms with van der Waals surface area (Å²) in [5.74, 6) is -0.685. The average molecular weight is 273 g/mol. The number of anilines is 1. The number of amides is 2. The first kappa shape index (κ1) is 13.8. The zero-order valence-corrected chi connectivity index (χ0v) is 10.7. The molecule has 0 atom stereocenters. The van der Waals surface area contributed by atoms with Crippen LogP contribution < -0.4 is 16.4 Å². The molecule has 0 unspecified atom stereocenters. The fourth-order valence-corrected chi connectivity index (χ4v) is 1.60. The van der Waals surface area contributed by atoms with Crippen LogP contribution in [0.1, 0.15) is 0 Å². The molecule has 0 aliphatic rings. The van der Waals surface area contributed by atoms with Gasteiger partial charge >= 0.3 is 0 Å². The van der Waals surface area contributed by atoms with E-state index in [4.69, 9.17) is 5.73 Å². The van der Waals surface area contributed by atoms with Crippen LogP contribution in [0.5, 0.6) is 0 Å². The molecule has 4 N–H and O–H groups in total.